The number of carbonyl (C=O) groups is 1. The average molecular weight is 382 g/mol. The van der Waals surface area contributed by atoms with Crippen molar-refractivity contribution in [3.05, 3.63) is 42.4 Å². The number of hydrogen-bond donors (Lipinski definition) is 1. The molecule has 0 aliphatic carbocycles. The van der Waals surface area contributed by atoms with Crippen molar-refractivity contribution >= 4 is 17.1 Å². The lowest BCUT2D eigenvalue weighted by atomic mass is 10.1. The number of ether oxygens (including phenoxy) is 1. The van der Waals surface area contributed by atoms with Gasteiger partial charge >= 0.3 is 0 Å². The van der Waals surface area contributed by atoms with Crippen LogP contribution in [0.3, 0.4) is 0 Å². The van der Waals surface area contributed by atoms with Crippen LogP contribution in [0.25, 0.3) is 11.2 Å². The number of nitrogens with one attached hydrogen (secondary N) is 1. The maximum Gasteiger partial charge on any atom is 0.252 e. The first-order valence-corrected chi connectivity index (χ1v) is 9.94. The first-order valence-electron chi connectivity index (χ1n) is 9.94. The topological polar surface area (TPSA) is 86.9 Å². The van der Waals surface area contributed by atoms with Gasteiger partial charge in [-0.2, -0.15) is 0 Å². The molecule has 0 unspecified atom stereocenters. The number of aryl methyl sites for hydroxylation is 2. The van der Waals surface area contributed by atoms with Gasteiger partial charge in [0.05, 0.1) is 11.9 Å². The fourth-order valence-corrected chi connectivity index (χ4v) is 3.69. The van der Waals surface area contributed by atoms with Crippen LogP contribution in [-0.4, -0.2) is 49.8 Å². The van der Waals surface area contributed by atoms with E-state index in [0.717, 1.165) is 62.4 Å². The Kier molecular flexibility index (Phi) is 5.66. The highest BCUT2D eigenvalue weighted by Gasteiger charge is 2.19. The second kappa shape index (κ2) is 8.52. The Morgan fingerprint density at radius 2 is 2.14 bits per heavy atom. The SMILES string of the molecule is CCc1nccn1CCCNC(=O)c1cnc2c(c1)ncn2C1CCOCC1. The van der Waals surface area contributed by atoms with Crippen LogP contribution >= 0.6 is 0 Å². The van der Waals surface area contributed by atoms with Gasteiger partial charge in [0, 0.05) is 57.4 Å². The van der Waals surface area contributed by atoms with Crippen molar-refractivity contribution < 1.29 is 9.53 Å². The summed E-state index contributed by atoms with van der Waals surface area (Å²) in [4.78, 5) is 25.7. The van der Waals surface area contributed by atoms with Crippen LogP contribution in [0, 0.1) is 0 Å². The molecule has 0 spiro atoms. The lowest BCUT2D eigenvalue weighted by Gasteiger charge is -2.23. The van der Waals surface area contributed by atoms with Crippen LogP contribution in [0.2, 0.25) is 0 Å². The first-order chi connectivity index (χ1) is 13.8. The van der Waals surface area contributed by atoms with E-state index in [9.17, 15) is 4.79 Å². The number of aromatic nitrogens is 5. The van der Waals surface area contributed by atoms with Gasteiger partial charge in [0.15, 0.2) is 5.65 Å². The van der Waals surface area contributed by atoms with Gasteiger partial charge in [0.25, 0.3) is 5.91 Å². The Morgan fingerprint density at radius 3 is 2.96 bits per heavy atom. The molecule has 0 atom stereocenters. The van der Waals surface area contributed by atoms with Gasteiger partial charge in [-0.25, -0.2) is 15.0 Å². The van der Waals surface area contributed by atoms with Gasteiger partial charge in [-0.1, -0.05) is 6.92 Å². The number of fused-ring (bicyclic) bond motifs is 1. The minimum Gasteiger partial charge on any atom is -0.381 e. The van der Waals surface area contributed by atoms with Crippen LogP contribution in [-0.2, 0) is 17.7 Å². The Morgan fingerprint density at radius 1 is 1.29 bits per heavy atom. The molecular weight excluding hydrogens is 356 g/mol. The van der Waals surface area contributed by atoms with Gasteiger partial charge in [-0.05, 0) is 25.3 Å². The molecule has 1 aliphatic rings. The highest BCUT2D eigenvalue weighted by Crippen LogP contribution is 2.24. The zero-order chi connectivity index (χ0) is 19.3. The molecule has 3 aromatic heterocycles. The third kappa shape index (κ3) is 3.91. The highest BCUT2D eigenvalue weighted by molar-refractivity contribution is 5.96. The molecular formula is C20H26N6O2. The van der Waals surface area contributed by atoms with Crippen LogP contribution in [0.4, 0.5) is 0 Å². The molecule has 28 heavy (non-hydrogen) atoms. The molecule has 0 bridgehead atoms. The van der Waals surface area contributed by atoms with E-state index in [-0.39, 0.29) is 5.91 Å². The van der Waals surface area contributed by atoms with Crippen molar-refractivity contribution in [2.24, 2.45) is 0 Å². The van der Waals surface area contributed by atoms with Gasteiger partial charge in [-0.3, -0.25) is 4.79 Å². The third-order valence-electron chi connectivity index (χ3n) is 5.24. The van der Waals surface area contributed by atoms with Crippen molar-refractivity contribution in [1.29, 1.82) is 0 Å². The molecule has 148 valence electrons. The smallest absolute Gasteiger partial charge is 0.252 e. The maximum absolute atomic E-state index is 12.5. The maximum atomic E-state index is 12.5. The second-order valence-electron chi connectivity index (χ2n) is 7.06. The molecule has 4 rings (SSSR count). The number of amides is 1. The van der Waals surface area contributed by atoms with Gasteiger partial charge < -0.3 is 19.2 Å². The van der Waals surface area contributed by atoms with Crippen molar-refractivity contribution in [3.8, 4) is 0 Å². The molecule has 1 N–H and O–H groups in total. The molecule has 4 heterocycles. The summed E-state index contributed by atoms with van der Waals surface area (Å²) < 4.78 is 9.67. The molecule has 1 fully saturated rings. The van der Waals surface area contributed by atoms with E-state index in [4.69, 9.17) is 4.74 Å². The predicted molar refractivity (Wildman–Crippen MR) is 105 cm³/mol. The fraction of sp³-hybridized carbons (Fsp3) is 0.500. The second-order valence-corrected chi connectivity index (χ2v) is 7.06. The van der Waals surface area contributed by atoms with E-state index in [1.54, 1.807) is 6.20 Å². The van der Waals surface area contributed by atoms with Crippen LogP contribution in [0.1, 0.15) is 48.4 Å². The Bertz CT molecular complexity index is 941. The summed E-state index contributed by atoms with van der Waals surface area (Å²) in [7, 11) is 0. The van der Waals surface area contributed by atoms with Crippen molar-refractivity contribution in [1.82, 2.24) is 29.4 Å². The summed E-state index contributed by atoms with van der Waals surface area (Å²) in [5.74, 6) is 0.956. The Labute approximate surface area is 164 Å². The summed E-state index contributed by atoms with van der Waals surface area (Å²) in [6.45, 7) is 5.07. The fourth-order valence-electron chi connectivity index (χ4n) is 3.69. The zero-order valence-electron chi connectivity index (χ0n) is 16.2. The van der Waals surface area contributed by atoms with E-state index in [0.29, 0.717) is 18.2 Å². The summed E-state index contributed by atoms with van der Waals surface area (Å²) >= 11 is 0. The number of carbonyl (C=O) groups excluding carboxylic acids is 1. The van der Waals surface area contributed by atoms with Crippen molar-refractivity contribution in [2.75, 3.05) is 19.8 Å². The van der Waals surface area contributed by atoms with E-state index >= 15 is 0 Å². The Balaban J connectivity index is 1.35. The van der Waals surface area contributed by atoms with Gasteiger partial charge in [-0.15, -0.1) is 0 Å². The predicted octanol–water partition coefficient (Wildman–Crippen LogP) is 2.36. The van der Waals surface area contributed by atoms with Crippen molar-refractivity contribution in [3.63, 3.8) is 0 Å². The molecule has 1 aliphatic heterocycles. The monoisotopic (exact) mass is 382 g/mol. The zero-order valence-corrected chi connectivity index (χ0v) is 16.2. The highest BCUT2D eigenvalue weighted by atomic mass is 16.5. The van der Waals surface area contributed by atoms with Crippen LogP contribution in [0.5, 0.6) is 0 Å². The van der Waals surface area contributed by atoms with Crippen LogP contribution in [0.15, 0.2) is 31.0 Å². The molecule has 1 saturated heterocycles. The quantitative estimate of drug-likeness (QED) is 0.634. The molecule has 3 aromatic rings. The molecule has 1 amide bonds. The summed E-state index contributed by atoms with van der Waals surface area (Å²) in [5.41, 5.74) is 2.13. The number of nitrogens with zero attached hydrogens (tertiary/aromatic N) is 5. The summed E-state index contributed by atoms with van der Waals surface area (Å²) in [6.07, 6.45) is 10.9. The largest absolute Gasteiger partial charge is 0.381 e. The average Bonchev–Trinajstić information content (AvgIpc) is 3.37. The molecule has 0 saturated carbocycles. The van der Waals surface area contributed by atoms with E-state index in [1.165, 1.54) is 0 Å². The third-order valence-corrected chi connectivity index (χ3v) is 5.24. The number of rotatable bonds is 7. The normalized spacial score (nSPS) is 15.2. The summed E-state index contributed by atoms with van der Waals surface area (Å²) in [6, 6.07) is 2.18. The van der Waals surface area contributed by atoms with Gasteiger partial charge in [0.1, 0.15) is 11.3 Å². The van der Waals surface area contributed by atoms with Crippen molar-refractivity contribution in [2.45, 2.75) is 45.2 Å². The van der Waals surface area contributed by atoms with E-state index in [1.807, 2.05) is 24.8 Å². The molecule has 8 nitrogen and oxygen atoms in total. The Hall–Kier alpha value is -2.74. The van der Waals surface area contributed by atoms with E-state index < -0.39 is 0 Å². The summed E-state index contributed by atoms with van der Waals surface area (Å²) in [5, 5.41) is 2.97. The van der Waals surface area contributed by atoms with E-state index in [2.05, 4.69) is 36.3 Å². The lowest BCUT2D eigenvalue weighted by Crippen LogP contribution is -2.25. The number of pyridine rings is 1. The molecule has 0 aromatic carbocycles. The van der Waals surface area contributed by atoms with Crippen LogP contribution < -0.4 is 5.32 Å². The molecule has 0 radical (unpaired) electrons. The standard InChI is InChI=1S/C20H26N6O2/c1-2-18-21-7-9-25(18)8-3-6-22-20(27)15-12-17-19(23-13-15)26(14-24-17)16-4-10-28-11-5-16/h7,9,12-14,16H,2-6,8,10-11H2,1H3,(H,22,27). The molecule has 8 heteroatoms. The number of imidazole rings is 2. The number of hydrogen-bond acceptors (Lipinski definition) is 5. The minimum absolute atomic E-state index is 0.114. The minimum atomic E-state index is -0.114. The van der Waals surface area contributed by atoms with Gasteiger partial charge in [0.2, 0.25) is 0 Å². The lowest BCUT2D eigenvalue weighted by molar-refractivity contribution is 0.0704. The first kappa shape index (κ1) is 18.6.